The zero-order valence-electron chi connectivity index (χ0n) is 20.4. The Morgan fingerprint density at radius 2 is 1.71 bits per heavy atom. The number of hydrogen-bond donors (Lipinski definition) is 7. The second-order valence-corrected chi connectivity index (χ2v) is 10.3. The first-order chi connectivity index (χ1) is 17.8. The molecule has 12 heteroatoms. The number of rotatable bonds is 3. The number of phenols is 3. The molecule has 3 aliphatic rings. The Labute approximate surface area is 215 Å². The highest BCUT2D eigenvalue weighted by Crippen LogP contribution is 2.56. The normalized spacial score (nSPS) is 32.3. The summed E-state index contributed by atoms with van der Waals surface area (Å²) >= 11 is 0. The summed E-state index contributed by atoms with van der Waals surface area (Å²) in [5, 5.41) is 64.3. The largest absolute Gasteiger partial charge is 0.507 e. The first-order valence-corrected chi connectivity index (χ1v) is 12.0. The first-order valence-electron chi connectivity index (χ1n) is 12.0. The Kier molecular flexibility index (Phi) is 6.00. The van der Waals surface area contributed by atoms with E-state index < -0.39 is 100 Å². The van der Waals surface area contributed by atoms with Crippen molar-refractivity contribution in [2.45, 2.75) is 68.9 Å². The minimum absolute atomic E-state index is 0.0121. The van der Waals surface area contributed by atoms with Crippen LogP contribution in [-0.2, 0) is 14.3 Å². The Morgan fingerprint density at radius 1 is 1.08 bits per heavy atom. The van der Waals surface area contributed by atoms with Gasteiger partial charge >= 0.3 is 5.97 Å². The maximum absolute atomic E-state index is 13.4. The molecule has 0 bridgehead atoms. The predicted molar refractivity (Wildman–Crippen MR) is 127 cm³/mol. The molecule has 1 saturated heterocycles. The lowest BCUT2D eigenvalue weighted by Gasteiger charge is -2.44. The summed E-state index contributed by atoms with van der Waals surface area (Å²) in [5.74, 6) is -7.47. The van der Waals surface area contributed by atoms with E-state index in [1.54, 1.807) is 6.92 Å². The molecule has 8 N–H and O–H groups in total. The minimum Gasteiger partial charge on any atom is -0.507 e. The molecule has 0 radical (unpaired) electrons. The molecule has 1 heterocycles. The molecule has 0 unspecified atom stereocenters. The van der Waals surface area contributed by atoms with Crippen molar-refractivity contribution in [3.8, 4) is 17.2 Å². The molecule has 2 aromatic carbocycles. The van der Waals surface area contributed by atoms with Crippen LogP contribution < -0.4 is 5.73 Å². The molecule has 7 atom stereocenters. The Balaban J connectivity index is 1.73. The van der Waals surface area contributed by atoms with Gasteiger partial charge in [-0.1, -0.05) is 12.1 Å². The van der Waals surface area contributed by atoms with Gasteiger partial charge in [0.15, 0.2) is 12.1 Å². The summed E-state index contributed by atoms with van der Waals surface area (Å²) < 4.78 is 11.7. The smallest absolute Gasteiger partial charge is 0.314 e. The van der Waals surface area contributed by atoms with Gasteiger partial charge in [0.05, 0.1) is 40.6 Å². The summed E-state index contributed by atoms with van der Waals surface area (Å²) in [5.41, 5.74) is 1.28. The molecular weight excluding hydrogens is 502 g/mol. The second kappa shape index (κ2) is 8.75. The molecule has 202 valence electrons. The molecular formula is C26H27NO11. The van der Waals surface area contributed by atoms with E-state index in [-0.39, 0.29) is 23.1 Å². The Morgan fingerprint density at radius 3 is 2.34 bits per heavy atom. The molecule has 5 rings (SSSR count). The number of ether oxygens (including phenoxy) is 2. The van der Waals surface area contributed by atoms with Gasteiger partial charge in [0, 0.05) is 35.6 Å². The van der Waals surface area contributed by atoms with Crippen LogP contribution >= 0.6 is 0 Å². The van der Waals surface area contributed by atoms with Crippen molar-refractivity contribution >= 4 is 17.5 Å². The van der Waals surface area contributed by atoms with Gasteiger partial charge in [-0.3, -0.25) is 14.4 Å². The lowest BCUT2D eigenvalue weighted by molar-refractivity contribution is -0.248. The number of carboxylic acid groups (broad SMARTS) is 1. The van der Waals surface area contributed by atoms with Crippen LogP contribution in [0.2, 0.25) is 0 Å². The van der Waals surface area contributed by atoms with Crippen LogP contribution in [0.5, 0.6) is 17.2 Å². The van der Waals surface area contributed by atoms with Crippen LogP contribution in [0, 0.1) is 0 Å². The summed E-state index contributed by atoms with van der Waals surface area (Å²) in [4.78, 5) is 39.1. The molecule has 1 fully saturated rings. The van der Waals surface area contributed by atoms with E-state index in [1.165, 1.54) is 25.1 Å². The number of ketones is 2. The van der Waals surface area contributed by atoms with Gasteiger partial charge in [0.2, 0.25) is 5.78 Å². The monoisotopic (exact) mass is 529 g/mol. The molecule has 2 aromatic rings. The molecule has 0 saturated carbocycles. The number of carbonyl (C=O) groups is 3. The number of aromatic hydroxyl groups is 3. The number of phenolic OH excluding ortho intramolecular Hbond substituents is 3. The maximum atomic E-state index is 13.4. The summed E-state index contributed by atoms with van der Waals surface area (Å²) in [6.45, 7) is 2.78. The second-order valence-electron chi connectivity index (χ2n) is 10.3. The molecule has 38 heavy (non-hydrogen) atoms. The Hall–Kier alpha value is -3.55. The van der Waals surface area contributed by atoms with E-state index in [2.05, 4.69) is 0 Å². The van der Waals surface area contributed by atoms with Crippen molar-refractivity contribution in [1.29, 1.82) is 0 Å². The average Bonchev–Trinajstić information content (AvgIpc) is 2.81. The SMILES string of the molecule is C[C@@H]1O[C@@H](O[C@H]2C[C@@](C)(O)[C@H](C(=O)O)c3c(O)c4c(c(O)c32)C(=O)c2c(O)cccc2C4=O)C[C@H](N)[C@@H]1O. The van der Waals surface area contributed by atoms with Crippen LogP contribution in [0.3, 0.4) is 0 Å². The fourth-order valence-electron chi connectivity index (χ4n) is 5.82. The molecule has 0 aromatic heterocycles. The van der Waals surface area contributed by atoms with E-state index >= 15 is 0 Å². The standard InChI is InChI=1S/C26H27NO11/c1-8-20(29)10(27)6-13(37-8)38-12-7-26(2,36)19(25(34)35)16-15(12)23(32)18-17(24(16)33)21(30)9-4-3-5-11(28)14(9)22(18)31/h3-5,8,10,12-13,19-20,28-29,32-33,36H,6-7,27H2,1-2H3,(H,34,35)/t8-,10-,12-,13-,19-,20+,26+/m0/s1. The van der Waals surface area contributed by atoms with Crippen molar-refractivity contribution in [3.05, 3.63) is 51.6 Å². The number of aliphatic hydroxyl groups is 2. The first kappa shape index (κ1) is 26.1. The quantitative estimate of drug-likeness (QED) is 0.234. The lowest BCUT2D eigenvalue weighted by atomic mass is 9.68. The minimum atomic E-state index is -2.04. The van der Waals surface area contributed by atoms with Gasteiger partial charge < -0.3 is 45.8 Å². The summed E-state index contributed by atoms with van der Waals surface area (Å²) in [6.07, 6.45) is -4.48. The van der Waals surface area contributed by atoms with Crippen molar-refractivity contribution in [2.24, 2.45) is 5.73 Å². The summed E-state index contributed by atoms with van der Waals surface area (Å²) in [7, 11) is 0. The number of nitrogens with two attached hydrogens (primary N) is 1. The van der Waals surface area contributed by atoms with E-state index in [0.717, 1.165) is 0 Å². The number of fused-ring (bicyclic) bond motifs is 3. The highest BCUT2D eigenvalue weighted by molar-refractivity contribution is 6.31. The van der Waals surface area contributed by atoms with Gasteiger partial charge in [-0.2, -0.15) is 0 Å². The zero-order valence-corrected chi connectivity index (χ0v) is 20.4. The van der Waals surface area contributed by atoms with Gasteiger partial charge in [-0.15, -0.1) is 0 Å². The number of benzene rings is 2. The third kappa shape index (κ3) is 3.68. The molecule has 12 nitrogen and oxygen atoms in total. The van der Waals surface area contributed by atoms with Crippen molar-refractivity contribution in [3.63, 3.8) is 0 Å². The van der Waals surface area contributed by atoms with E-state index in [0.29, 0.717) is 0 Å². The van der Waals surface area contributed by atoms with Gasteiger partial charge in [0.25, 0.3) is 0 Å². The van der Waals surface area contributed by atoms with E-state index in [9.17, 15) is 45.0 Å². The third-order valence-electron chi connectivity index (χ3n) is 7.64. The Bertz CT molecular complexity index is 1370. The third-order valence-corrected chi connectivity index (χ3v) is 7.64. The molecule has 1 aliphatic heterocycles. The zero-order chi connectivity index (χ0) is 27.8. The van der Waals surface area contributed by atoms with Crippen molar-refractivity contribution < 1.29 is 54.5 Å². The summed E-state index contributed by atoms with van der Waals surface area (Å²) in [6, 6.07) is 3.03. The predicted octanol–water partition coefficient (Wildman–Crippen LogP) is 0.782. The van der Waals surface area contributed by atoms with Crippen molar-refractivity contribution in [1.82, 2.24) is 0 Å². The van der Waals surface area contributed by atoms with E-state index in [4.69, 9.17) is 15.2 Å². The topological polar surface area (TPSA) is 217 Å². The fourth-order valence-corrected chi connectivity index (χ4v) is 5.82. The number of hydrogen-bond acceptors (Lipinski definition) is 11. The van der Waals surface area contributed by atoms with Gasteiger partial charge in [-0.05, 0) is 19.9 Å². The number of aliphatic carboxylic acids is 1. The number of carbonyl (C=O) groups excluding carboxylic acids is 2. The molecule has 0 amide bonds. The van der Waals surface area contributed by atoms with Crippen LogP contribution in [0.25, 0.3) is 0 Å². The number of aliphatic hydroxyl groups excluding tert-OH is 1. The van der Waals surface area contributed by atoms with Crippen molar-refractivity contribution in [2.75, 3.05) is 0 Å². The highest BCUT2D eigenvalue weighted by atomic mass is 16.7. The number of carboxylic acids is 1. The molecule has 0 spiro atoms. The fraction of sp³-hybridized carbons (Fsp3) is 0.423. The van der Waals surface area contributed by atoms with Crippen LogP contribution in [0.1, 0.15) is 81.7 Å². The van der Waals surface area contributed by atoms with Gasteiger partial charge in [-0.25, -0.2) is 0 Å². The maximum Gasteiger partial charge on any atom is 0.314 e. The molecule has 2 aliphatic carbocycles. The average molecular weight is 529 g/mol. The van der Waals surface area contributed by atoms with Crippen LogP contribution in [0.4, 0.5) is 0 Å². The van der Waals surface area contributed by atoms with Gasteiger partial charge in [0.1, 0.15) is 23.2 Å². The lowest BCUT2D eigenvalue weighted by Crippen LogP contribution is -2.52. The highest BCUT2D eigenvalue weighted by Gasteiger charge is 2.53. The van der Waals surface area contributed by atoms with Crippen LogP contribution in [0.15, 0.2) is 18.2 Å². The van der Waals surface area contributed by atoms with Crippen LogP contribution in [-0.4, -0.2) is 78.3 Å². The van der Waals surface area contributed by atoms with E-state index in [1.807, 2.05) is 0 Å².